The molecule has 3 aliphatic rings. The number of nitrogens with two attached hydrogens (primary N) is 1. The minimum absolute atomic E-state index is 0. The summed E-state index contributed by atoms with van der Waals surface area (Å²) in [5.41, 5.74) is 10.3. The van der Waals surface area contributed by atoms with E-state index in [1.54, 1.807) is 11.8 Å². The summed E-state index contributed by atoms with van der Waals surface area (Å²) in [6.07, 6.45) is 7.73. The van der Waals surface area contributed by atoms with Crippen LogP contribution in [0.15, 0.2) is 35.5 Å². The van der Waals surface area contributed by atoms with Crippen molar-refractivity contribution >= 4 is 17.6 Å². The number of anilines is 1. The minimum Gasteiger partial charge on any atom is -0.390 e. The van der Waals surface area contributed by atoms with Crippen molar-refractivity contribution in [2.75, 3.05) is 23.7 Å². The summed E-state index contributed by atoms with van der Waals surface area (Å²) in [7, 11) is 0. The average Bonchev–Trinajstić information content (AvgIpc) is 3.53. The Morgan fingerprint density at radius 2 is 1.97 bits per heavy atom. The van der Waals surface area contributed by atoms with E-state index in [9.17, 15) is 5.11 Å². The number of aliphatic hydroxyl groups is 1. The molecule has 2 aromatic rings. The van der Waals surface area contributed by atoms with Gasteiger partial charge in [0.25, 0.3) is 0 Å². The molecule has 5 nitrogen and oxygen atoms in total. The van der Waals surface area contributed by atoms with Crippen molar-refractivity contribution in [3.8, 4) is 0 Å². The summed E-state index contributed by atoms with van der Waals surface area (Å²) in [4.78, 5) is 11.7. The molecule has 2 fully saturated rings. The fraction of sp³-hybridized carbons (Fsp3) is 0.565. The van der Waals surface area contributed by atoms with Gasteiger partial charge in [-0.3, -0.25) is 0 Å². The van der Waals surface area contributed by atoms with E-state index >= 15 is 0 Å². The zero-order valence-electron chi connectivity index (χ0n) is 16.2. The second-order valence-corrected chi connectivity index (χ2v) is 9.63. The van der Waals surface area contributed by atoms with Gasteiger partial charge in [-0.1, -0.05) is 31.7 Å². The van der Waals surface area contributed by atoms with Crippen molar-refractivity contribution in [3.05, 3.63) is 47.3 Å². The fourth-order valence-electron chi connectivity index (χ4n) is 4.80. The van der Waals surface area contributed by atoms with E-state index in [2.05, 4.69) is 34.1 Å². The lowest BCUT2D eigenvalue weighted by atomic mass is 9.73. The zero-order valence-corrected chi connectivity index (χ0v) is 17.0. The van der Waals surface area contributed by atoms with Crippen molar-refractivity contribution in [2.24, 2.45) is 17.1 Å². The lowest BCUT2D eigenvalue weighted by Gasteiger charge is -2.42. The van der Waals surface area contributed by atoms with Crippen LogP contribution in [0.25, 0.3) is 0 Å². The molecule has 1 atom stereocenters. The number of thioether (sulfide) groups is 1. The molecule has 0 bridgehead atoms. The van der Waals surface area contributed by atoms with E-state index in [1.807, 2.05) is 6.20 Å². The smallest absolute Gasteiger partial charge is 0.152 e. The Balaban J connectivity index is 0.00000205. The maximum Gasteiger partial charge on any atom is 0.152 e. The van der Waals surface area contributed by atoms with Crippen LogP contribution in [0.2, 0.25) is 0 Å². The monoisotopic (exact) mass is 412 g/mol. The number of rotatable bonds is 5. The van der Waals surface area contributed by atoms with Gasteiger partial charge in [0.05, 0.1) is 12.8 Å². The van der Waals surface area contributed by atoms with Crippen LogP contribution in [0.3, 0.4) is 0 Å². The van der Waals surface area contributed by atoms with Crippen molar-refractivity contribution in [1.29, 1.82) is 0 Å². The first-order valence-electron chi connectivity index (χ1n) is 10.4. The molecule has 3 N–H and O–H groups in total. The van der Waals surface area contributed by atoms with Crippen LogP contribution >= 0.6 is 11.8 Å². The molecule has 29 heavy (non-hydrogen) atoms. The Hall–Kier alpha value is -1.63. The second-order valence-electron chi connectivity index (χ2n) is 8.59. The summed E-state index contributed by atoms with van der Waals surface area (Å²) in [6.45, 7) is 1.77. The number of hydrogen-bond donors (Lipinski definition) is 2. The van der Waals surface area contributed by atoms with Crippen LogP contribution in [0.5, 0.6) is 0 Å². The maximum atomic E-state index is 9.87. The van der Waals surface area contributed by atoms with Gasteiger partial charge in [0.2, 0.25) is 0 Å². The summed E-state index contributed by atoms with van der Waals surface area (Å²) < 4.78 is 0. The first-order valence-corrected chi connectivity index (χ1v) is 11.3. The van der Waals surface area contributed by atoms with Gasteiger partial charge in [-0.25, -0.2) is 9.97 Å². The molecule has 156 valence electrons. The van der Waals surface area contributed by atoms with Gasteiger partial charge in [-0.15, -0.1) is 11.8 Å². The third-order valence-electron chi connectivity index (χ3n) is 6.77. The van der Waals surface area contributed by atoms with Crippen LogP contribution in [0.1, 0.15) is 56.0 Å². The molecular weight excluding hydrogens is 380 g/mol. The highest BCUT2D eigenvalue weighted by Gasteiger charge is 2.46. The van der Waals surface area contributed by atoms with Gasteiger partial charge in [-0.05, 0) is 54.6 Å². The number of aliphatic hydroxyl groups excluding tert-OH is 1. The number of piperidine rings is 1. The highest BCUT2D eigenvalue weighted by Crippen LogP contribution is 2.51. The van der Waals surface area contributed by atoms with Crippen molar-refractivity contribution < 1.29 is 5.11 Å². The van der Waals surface area contributed by atoms with Gasteiger partial charge in [0.15, 0.2) is 5.82 Å². The summed E-state index contributed by atoms with van der Waals surface area (Å²) in [5, 5.41) is 10.8. The fourth-order valence-corrected chi connectivity index (χ4v) is 5.84. The van der Waals surface area contributed by atoms with E-state index in [0.29, 0.717) is 5.69 Å². The number of fused-ring (bicyclic) bond motifs is 1. The number of benzene rings is 1. The Kier molecular flexibility index (Phi) is 5.87. The first-order chi connectivity index (χ1) is 13.7. The Bertz CT molecular complexity index is 862. The lowest BCUT2D eigenvalue weighted by molar-refractivity contribution is 0.186. The van der Waals surface area contributed by atoms with Crippen LogP contribution in [-0.2, 0) is 13.0 Å². The van der Waals surface area contributed by atoms with E-state index in [0.717, 1.165) is 54.9 Å². The lowest BCUT2D eigenvalue weighted by Crippen LogP contribution is -2.45. The third-order valence-corrected chi connectivity index (χ3v) is 7.90. The molecule has 0 radical (unpaired) electrons. The predicted octanol–water partition coefficient (Wildman–Crippen LogP) is 3.95. The van der Waals surface area contributed by atoms with Crippen molar-refractivity contribution in [3.63, 3.8) is 0 Å². The Labute approximate surface area is 178 Å². The Morgan fingerprint density at radius 3 is 2.66 bits per heavy atom. The van der Waals surface area contributed by atoms with Crippen molar-refractivity contribution in [1.82, 2.24) is 9.97 Å². The molecule has 1 aromatic heterocycles. The molecule has 1 spiro atoms. The normalized spacial score (nSPS) is 22.4. The van der Waals surface area contributed by atoms with Gasteiger partial charge in [0.1, 0.15) is 10.7 Å². The molecule has 6 heteroatoms. The predicted molar refractivity (Wildman–Crippen MR) is 119 cm³/mol. The van der Waals surface area contributed by atoms with Gasteiger partial charge < -0.3 is 15.7 Å². The third kappa shape index (κ3) is 3.90. The molecule has 1 saturated heterocycles. The summed E-state index contributed by atoms with van der Waals surface area (Å²) >= 11 is 1.76. The molecule has 5 rings (SSSR count). The van der Waals surface area contributed by atoms with E-state index < -0.39 is 0 Å². The van der Waals surface area contributed by atoms with E-state index in [-0.39, 0.29) is 25.5 Å². The topological polar surface area (TPSA) is 75.3 Å². The van der Waals surface area contributed by atoms with E-state index in [4.69, 9.17) is 10.7 Å². The Morgan fingerprint density at radius 1 is 1.21 bits per heavy atom. The molecule has 0 unspecified atom stereocenters. The van der Waals surface area contributed by atoms with Crippen LogP contribution in [0, 0.1) is 11.3 Å². The largest absolute Gasteiger partial charge is 0.390 e. The number of hydrogen-bond acceptors (Lipinski definition) is 6. The molecule has 1 aliphatic heterocycles. The first kappa shape index (κ1) is 20.6. The second kappa shape index (κ2) is 8.25. The van der Waals surface area contributed by atoms with Crippen molar-refractivity contribution in [2.45, 2.75) is 57.2 Å². The SMILES string of the molecule is C.N[C@@H]1c2ccccc2CC12CCN(c1ncc(SCC3CC3)nc1CO)CC2. The summed E-state index contributed by atoms with van der Waals surface area (Å²) in [5.74, 6) is 2.81. The van der Waals surface area contributed by atoms with Crippen LogP contribution in [-0.4, -0.2) is 33.9 Å². The highest BCUT2D eigenvalue weighted by atomic mass is 32.2. The number of nitrogens with zero attached hydrogens (tertiary/aromatic N) is 3. The highest BCUT2D eigenvalue weighted by molar-refractivity contribution is 7.99. The minimum atomic E-state index is -0.0627. The molecule has 1 aromatic carbocycles. The number of aromatic nitrogens is 2. The maximum absolute atomic E-state index is 9.87. The molecular formula is C23H32N4OS. The van der Waals surface area contributed by atoms with Gasteiger partial charge in [-0.2, -0.15) is 0 Å². The summed E-state index contributed by atoms with van der Waals surface area (Å²) in [6, 6.07) is 8.75. The van der Waals surface area contributed by atoms with Gasteiger partial charge in [0, 0.05) is 24.9 Å². The molecule has 2 heterocycles. The molecule has 2 aliphatic carbocycles. The molecule has 1 saturated carbocycles. The quantitative estimate of drug-likeness (QED) is 0.724. The standard InChI is InChI=1S/C22H28N4OS.CH4/c23-20-17-4-2-1-3-16(17)11-22(20)7-9-26(10-8-22)21-18(13-27)25-19(12-24-21)28-14-15-5-6-15;/h1-4,12,15,20,27H,5-11,13-14,23H2;1H4/t20-;/m1./s1. The molecule has 0 amide bonds. The van der Waals surface area contributed by atoms with Crippen LogP contribution in [0.4, 0.5) is 5.82 Å². The van der Waals surface area contributed by atoms with Gasteiger partial charge >= 0.3 is 0 Å². The average molecular weight is 413 g/mol. The zero-order chi connectivity index (χ0) is 19.1. The van der Waals surface area contributed by atoms with E-state index in [1.165, 1.54) is 24.0 Å². The van der Waals surface area contributed by atoms with Crippen LogP contribution < -0.4 is 10.6 Å².